The lowest BCUT2D eigenvalue weighted by molar-refractivity contribution is -0.144. The van der Waals surface area contributed by atoms with Crippen LogP contribution in [0, 0.1) is 5.82 Å². The van der Waals surface area contributed by atoms with Gasteiger partial charge >= 0.3 is 5.97 Å². The van der Waals surface area contributed by atoms with E-state index in [1.807, 2.05) is 0 Å². The van der Waals surface area contributed by atoms with Gasteiger partial charge in [-0.05, 0) is 19.1 Å². The molecule has 1 aromatic carbocycles. The molecule has 1 atom stereocenters. The second-order valence-corrected chi connectivity index (χ2v) is 4.66. The molecule has 3 nitrogen and oxygen atoms in total. The minimum absolute atomic E-state index is 0.102. The zero-order valence-corrected chi connectivity index (χ0v) is 10.6. The van der Waals surface area contributed by atoms with Crippen LogP contribution < -0.4 is 0 Å². The van der Waals surface area contributed by atoms with Crippen molar-refractivity contribution in [3.8, 4) is 0 Å². The third kappa shape index (κ3) is 2.73. The molecule has 0 spiro atoms. The largest absolute Gasteiger partial charge is 0.465 e. The van der Waals surface area contributed by atoms with Crippen molar-refractivity contribution in [1.82, 2.24) is 4.90 Å². The van der Waals surface area contributed by atoms with Crippen molar-refractivity contribution >= 4 is 5.97 Å². The molecule has 0 saturated carbocycles. The highest BCUT2D eigenvalue weighted by molar-refractivity contribution is 5.89. The quantitative estimate of drug-likeness (QED) is 0.793. The first-order valence-corrected chi connectivity index (χ1v) is 5.84. The Kier molecular flexibility index (Phi) is 3.54. The average Bonchev–Trinajstić information content (AvgIpc) is 2.33. The molecule has 0 bridgehead atoms. The van der Waals surface area contributed by atoms with E-state index in [4.69, 9.17) is 0 Å². The van der Waals surface area contributed by atoms with Gasteiger partial charge < -0.3 is 4.74 Å². The van der Waals surface area contributed by atoms with E-state index in [1.165, 1.54) is 24.1 Å². The van der Waals surface area contributed by atoms with Crippen LogP contribution in [-0.2, 0) is 4.74 Å². The van der Waals surface area contributed by atoms with Gasteiger partial charge in [0.15, 0.2) is 0 Å². The molecule has 1 aliphatic rings. The summed E-state index contributed by atoms with van der Waals surface area (Å²) in [4.78, 5) is 12.7. The van der Waals surface area contributed by atoms with Crippen LogP contribution in [0.15, 0.2) is 18.2 Å². The maximum Gasteiger partial charge on any atom is 0.337 e. The Labute approximate surface area is 109 Å². The number of hydrogen-bond donors (Lipinski definition) is 0. The molecule has 1 aromatic rings. The van der Waals surface area contributed by atoms with Crippen molar-refractivity contribution < 1.29 is 22.7 Å². The molecule has 1 heterocycles. The van der Waals surface area contributed by atoms with Gasteiger partial charge in [-0.25, -0.2) is 18.0 Å². The normalized spacial score (nSPS) is 19.6. The molecule has 6 heteroatoms. The van der Waals surface area contributed by atoms with E-state index in [1.54, 1.807) is 6.92 Å². The zero-order chi connectivity index (χ0) is 14.2. The minimum atomic E-state index is -2.68. The summed E-state index contributed by atoms with van der Waals surface area (Å²) in [6, 6.07) is 3.48. The highest BCUT2D eigenvalue weighted by Gasteiger charge is 2.46. The van der Waals surface area contributed by atoms with E-state index in [2.05, 4.69) is 4.74 Å². The number of nitrogens with zero attached hydrogens (tertiary/aromatic N) is 1. The Hall–Kier alpha value is -1.56. The minimum Gasteiger partial charge on any atom is -0.465 e. The first-order valence-electron chi connectivity index (χ1n) is 5.84. The van der Waals surface area contributed by atoms with Crippen LogP contribution in [0.4, 0.5) is 13.2 Å². The standard InChI is InChI=1S/C13H14F3NO2/c1-8(17-6-13(15,16)7-17)10-4-3-9(5-11(10)14)12(18)19-2/h3-5,8H,6-7H2,1-2H3. The lowest BCUT2D eigenvalue weighted by Gasteiger charge is -2.42. The maximum absolute atomic E-state index is 13.9. The summed E-state index contributed by atoms with van der Waals surface area (Å²) in [6.07, 6.45) is 0. The average molecular weight is 273 g/mol. The second kappa shape index (κ2) is 4.85. The Morgan fingerprint density at radius 1 is 1.42 bits per heavy atom. The number of carbonyl (C=O) groups excluding carboxylic acids is 1. The Morgan fingerprint density at radius 2 is 2.05 bits per heavy atom. The second-order valence-electron chi connectivity index (χ2n) is 4.66. The fourth-order valence-corrected chi connectivity index (χ4v) is 2.13. The highest BCUT2D eigenvalue weighted by atomic mass is 19.3. The Morgan fingerprint density at radius 3 is 2.53 bits per heavy atom. The SMILES string of the molecule is COC(=O)c1ccc(C(C)N2CC(F)(F)C2)c(F)c1. The van der Waals surface area contributed by atoms with Gasteiger partial charge in [0.05, 0.1) is 25.8 Å². The van der Waals surface area contributed by atoms with Crippen molar-refractivity contribution in [2.75, 3.05) is 20.2 Å². The summed E-state index contributed by atoms with van der Waals surface area (Å²) in [5.41, 5.74) is 0.396. The molecular formula is C13H14F3NO2. The lowest BCUT2D eigenvalue weighted by atomic mass is 9.99. The van der Waals surface area contributed by atoms with Gasteiger partial charge in [0.1, 0.15) is 5.82 Å². The summed E-state index contributed by atoms with van der Waals surface area (Å²) < 4.78 is 43.9. The molecule has 0 aromatic heterocycles. The summed E-state index contributed by atoms with van der Waals surface area (Å²) in [7, 11) is 1.21. The van der Waals surface area contributed by atoms with Crippen LogP contribution in [0.25, 0.3) is 0 Å². The first-order chi connectivity index (χ1) is 8.84. The lowest BCUT2D eigenvalue weighted by Crippen LogP contribution is -2.56. The van der Waals surface area contributed by atoms with Crippen molar-refractivity contribution in [2.24, 2.45) is 0 Å². The summed E-state index contributed by atoms with van der Waals surface area (Å²) >= 11 is 0. The van der Waals surface area contributed by atoms with Crippen molar-refractivity contribution in [1.29, 1.82) is 0 Å². The molecule has 0 aliphatic carbocycles. The van der Waals surface area contributed by atoms with E-state index >= 15 is 0 Å². The molecular weight excluding hydrogens is 259 g/mol. The van der Waals surface area contributed by atoms with Gasteiger partial charge in [-0.2, -0.15) is 0 Å². The Bertz CT molecular complexity index is 497. The molecule has 1 fully saturated rings. The number of esters is 1. The number of halogens is 3. The number of alkyl halides is 2. The van der Waals surface area contributed by atoms with Crippen LogP contribution >= 0.6 is 0 Å². The van der Waals surface area contributed by atoms with Gasteiger partial charge in [-0.3, -0.25) is 4.90 Å². The molecule has 2 rings (SSSR count). The van der Waals surface area contributed by atoms with E-state index in [0.717, 1.165) is 6.07 Å². The van der Waals surface area contributed by atoms with Gasteiger partial charge in [-0.1, -0.05) is 6.07 Å². The third-order valence-electron chi connectivity index (χ3n) is 3.29. The molecule has 19 heavy (non-hydrogen) atoms. The van der Waals surface area contributed by atoms with Gasteiger partial charge in [-0.15, -0.1) is 0 Å². The monoisotopic (exact) mass is 273 g/mol. The van der Waals surface area contributed by atoms with E-state index in [9.17, 15) is 18.0 Å². The number of likely N-dealkylation sites (tertiary alicyclic amines) is 1. The number of rotatable bonds is 3. The first kappa shape index (κ1) is 13.9. The topological polar surface area (TPSA) is 29.5 Å². The molecule has 104 valence electrons. The van der Waals surface area contributed by atoms with Gasteiger partial charge in [0.25, 0.3) is 5.92 Å². The smallest absolute Gasteiger partial charge is 0.337 e. The molecule has 1 saturated heterocycles. The molecule has 0 amide bonds. The van der Waals surface area contributed by atoms with Gasteiger partial charge in [0.2, 0.25) is 0 Å². The van der Waals surface area contributed by atoms with Crippen LogP contribution in [0.5, 0.6) is 0 Å². The highest BCUT2D eigenvalue weighted by Crippen LogP contribution is 2.35. The van der Waals surface area contributed by atoms with Crippen LogP contribution in [0.2, 0.25) is 0 Å². The number of benzene rings is 1. The number of hydrogen-bond acceptors (Lipinski definition) is 3. The maximum atomic E-state index is 13.9. The summed E-state index contributed by atoms with van der Waals surface area (Å²) in [5.74, 6) is -3.91. The summed E-state index contributed by atoms with van der Waals surface area (Å²) in [6.45, 7) is 0.921. The number of carbonyl (C=O) groups is 1. The predicted octanol–water partition coefficient (Wildman–Crippen LogP) is 2.62. The zero-order valence-electron chi connectivity index (χ0n) is 10.6. The third-order valence-corrected chi connectivity index (χ3v) is 3.29. The fraction of sp³-hybridized carbons (Fsp3) is 0.462. The molecule has 1 unspecified atom stereocenters. The van der Waals surface area contributed by atoms with Crippen molar-refractivity contribution in [3.05, 3.63) is 35.1 Å². The van der Waals surface area contributed by atoms with E-state index < -0.39 is 23.8 Å². The van der Waals surface area contributed by atoms with Crippen molar-refractivity contribution in [2.45, 2.75) is 18.9 Å². The number of ether oxygens (including phenoxy) is 1. The van der Waals surface area contributed by atoms with Crippen LogP contribution in [0.1, 0.15) is 28.9 Å². The van der Waals surface area contributed by atoms with E-state index in [0.29, 0.717) is 5.56 Å². The van der Waals surface area contributed by atoms with Crippen molar-refractivity contribution in [3.63, 3.8) is 0 Å². The predicted molar refractivity (Wildman–Crippen MR) is 62.7 cm³/mol. The molecule has 1 aliphatic heterocycles. The summed E-state index contributed by atoms with van der Waals surface area (Å²) in [5, 5.41) is 0. The number of methoxy groups -OCH3 is 1. The fourth-order valence-electron chi connectivity index (χ4n) is 2.13. The van der Waals surface area contributed by atoms with E-state index in [-0.39, 0.29) is 18.7 Å². The van der Waals surface area contributed by atoms with Crippen LogP contribution in [-0.4, -0.2) is 37.0 Å². The Balaban J connectivity index is 2.15. The molecule has 0 radical (unpaired) electrons. The molecule has 0 N–H and O–H groups in total. The van der Waals surface area contributed by atoms with Crippen LogP contribution in [0.3, 0.4) is 0 Å². The van der Waals surface area contributed by atoms with Gasteiger partial charge in [0, 0.05) is 11.6 Å².